The average Bonchev–Trinajstić information content (AvgIpc) is 2.99. The van der Waals surface area contributed by atoms with Gasteiger partial charge >= 0.3 is 0 Å². The molecular weight excluding hydrogens is 514 g/mol. The zero-order valence-electron chi connectivity index (χ0n) is 23.6. The third-order valence-electron chi connectivity index (χ3n) is 6.76. The predicted octanol–water partition coefficient (Wildman–Crippen LogP) is 5.44. The molecule has 4 rings (SSSR count). The van der Waals surface area contributed by atoms with Crippen LogP contribution in [0.25, 0.3) is 11.1 Å². The summed E-state index contributed by atoms with van der Waals surface area (Å²) in [4.78, 5) is 38.4. The largest absolute Gasteiger partial charge is 0.497 e. The van der Waals surface area contributed by atoms with E-state index < -0.39 is 6.04 Å². The van der Waals surface area contributed by atoms with Gasteiger partial charge in [-0.05, 0) is 66.9 Å². The number of rotatable bonds is 12. The lowest BCUT2D eigenvalue weighted by molar-refractivity contribution is -0.122. The SMILES string of the molecule is COc1ccc(NCCNC(=O)[C@H](Cc2ccc(-c3ccccc3C(C)=O)cc2)NC(=O)c2cccc(C)c2)cc1. The molecule has 0 aliphatic carbocycles. The van der Waals surface area contributed by atoms with Gasteiger partial charge in [-0.25, -0.2) is 0 Å². The maximum absolute atomic E-state index is 13.3. The van der Waals surface area contributed by atoms with Crippen LogP contribution in [0.15, 0.2) is 97.1 Å². The van der Waals surface area contributed by atoms with Crippen molar-refractivity contribution in [2.75, 3.05) is 25.5 Å². The minimum atomic E-state index is -0.778. The number of hydrogen-bond donors (Lipinski definition) is 3. The first-order valence-electron chi connectivity index (χ1n) is 13.6. The molecule has 210 valence electrons. The van der Waals surface area contributed by atoms with Gasteiger partial charge in [-0.15, -0.1) is 0 Å². The van der Waals surface area contributed by atoms with Gasteiger partial charge in [0.05, 0.1) is 7.11 Å². The second-order valence-electron chi connectivity index (χ2n) is 9.84. The lowest BCUT2D eigenvalue weighted by Crippen LogP contribution is -2.48. The molecule has 2 amide bonds. The van der Waals surface area contributed by atoms with E-state index in [1.54, 1.807) is 26.2 Å². The molecule has 4 aromatic carbocycles. The second kappa shape index (κ2) is 13.9. The minimum Gasteiger partial charge on any atom is -0.497 e. The highest BCUT2D eigenvalue weighted by molar-refractivity contribution is 6.01. The van der Waals surface area contributed by atoms with Crippen LogP contribution in [0.4, 0.5) is 5.69 Å². The first-order chi connectivity index (χ1) is 19.8. The summed E-state index contributed by atoms with van der Waals surface area (Å²) in [6, 6.07) is 29.2. The topological polar surface area (TPSA) is 96.5 Å². The van der Waals surface area contributed by atoms with E-state index in [1.165, 1.54) is 0 Å². The maximum atomic E-state index is 13.3. The molecule has 0 spiro atoms. The number of Topliss-reactive ketones (excluding diaryl/α,β-unsaturated/α-hetero) is 1. The van der Waals surface area contributed by atoms with Crippen LogP contribution in [0.1, 0.15) is 38.8 Å². The van der Waals surface area contributed by atoms with Gasteiger partial charge in [0.1, 0.15) is 11.8 Å². The van der Waals surface area contributed by atoms with Crippen LogP contribution in [-0.4, -0.2) is 43.8 Å². The summed E-state index contributed by atoms with van der Waals surface area (Å²) in [5.41, 5.74) is 5.69. The summed E-state index contributed by atoms with van der Waals surface area (Å²) in [6.07, 6.45) is 0.309. The van der Waals surface area contributed by atoms with Gasteiger partial charge in [0.15, 0.2) is 5.78 Å². The van der Waals surface area contributed by atoms with Gasteiger partial charge in [0.25, 0.3) is 5.91 Å². The number of carbonyl (C=O) groups excluding carboxylic acids is 3. The summed E-state index contributed by atoms with van der Waals surface area (Å²) in [6.45, 7) is 4.37. The number of hydrogen-bond acceptors (Lipinski definition) is 5. The molecule has 0 aliphatic heterocycles. The van der Waals surface area contributed by atoms with Crippen LogP contribution >= 0.6 is 0 Å². The highest BCUT2D eigenvalue weighted by atomic mass is 16.5. The Morgan fingerprint density at radius 3 is 2.24 bits per heavy atom. The first-order valence-corrected chi connectivity index (χ1v) is 13.6. The van der Waals surface area contributed by atoms with Crippen LogP contribution in [0.5, 0.6) is 5.75 Å². The molecule has 0 fully saturated rings. The van der Waals surface area contributed by atoms with Crippen molar-refractivity contribution in [3.05, 3.63) is 119 Å². The standard InChI is InChI=1S/C34H35N3O4/c1-23-7-6-8-27(21-23)33(39)37-32(34(40)36-20-19-35-28-15-17-29(41-3)18-16-28)22-25-11-13-26(14-12-25)31-10-5-4-9-30(31)24(2)38/h4-18,21,32,35H,19-20,22H2,1-3H3,(H,36,40)(H,37,39)/t32-/m0/s1. The molecule has 3 N–H and O–H groups in total. The molecule has 0 bridgehead atoms. The van der Waals surface area contributed by atoms with E-state index in [9.17, 15) is 14.4 Å². The second-order valence-corrected chi connectivity index (χ2v) is 9.84. The van der Waals surface area contributed by atoms with Crippen molar-refractivity contribution in [1.82, 2.24) is 10.6 Å². The van der Waals surface area contributed by atoms with Crippen molar-refractivity contribution in [3.8, 4) is 16.9 Å². The molecule has 7 heteroatoms. The Balaban J connectivity index is 1.45. The maximum Gasteiger partial charge on any atom is 0.251 e. The van der Waals surface area contributed by atoms with Gasteiger partial charge in [-0.2, -0.15) is 0 Å². The van der Waals surface area contributed by atoms with Gasteiger partial charge < -0.3 is 20.7 Å². The summed E-state index contributed by atoms with van der Waals surface area (Å²) in [5, 5.41) is 9.13. The average molecular weight is 550 g/mol. The Bertz CT molecular complexity index is 1500. The molecule has 0 saturated carbocycles. The summed E-state index contributed by atoms with van der Waals surface area (Å²) in [5.74, 6) is 0.194. The number of aryl methyl sites for hydroxylation is 1. The summed E-state index contributed by atoms with van der Waals surface area (Å²) in [7, 11) is 1.62. The van der Waals surface area contributed by atoms with E-state index in [0.29, 0.717) is 30.6 Å². The molecule has 0 heterocycles. The molecular formula is C34H35N3O4. The number of anilines is 1. The number of ketones is 1. The number of amides is 2. The molecule has 41 heavy (non-hydrogen) atoms. The van der Waals surface area contributed by atoms with E-state index >= 15 is 0 Å². The van der Waals surface area contributed by atoms with Crippen molar-refractivity contribution < 1.29 is 19.1 Å². The number of nitrogens with one attached hydrogen (secondary N) is 3. The van der Waals surface area contributed by atoms with E-state index in [1.807, 2.05) is 91.9 Å². The van der Waals surface area contributed by atoms with Crippen LogP contribution < -0.4 is 20.7 Å². The van der Waals surface area contributed by atoms with Crippen molar-refractivity contribution in [1.29, 1.82) is 0 Å². The molecule has 0 aliphatic rings. The van der Waals surface area contributed by atoms with Crippen molar-refractivity contribution >= 4 is 23.3 Å². The molecule has 0 unspecified atom stereocenters. The number of methoxy groups -OCH3 is 1. The molecule has 0 aromatic heterocycles. The fraction of sp³-hybridized carbons (Fsp3) is 0.206. The van der Waals surface area contributed by atoms with Crippen LogP contribution in [-0.2, 0) is 11.2 Å². The monoisotopic (exact) mass is 549 g/mol. The van der Waals surface area contributed by atoms with E-state index in [0.717, 1.165) is 33.7 Å². The molecule has 0 saturated heterocycles. The number of carbonyl (C=O) groups is 3. The zero-order chi connectivity index (χ0) is 29.2. The minimum absolute atomic E-state index is 0.00162. The Morgan fingerprint density at radius 1 is 0.829 bits per heavy atom. The summed E-state index contributed by atoms with van der Waals surface area (Å²) < 4.78 is 5.18. The number of benzene rings is 4. The van der Waals surface area contributed by atoms with Gasteiger partial charge in [-0.3, -0.25) is 14.4 Å². The van der Waals surface area contributed by atoms with Crippen LogP contribution in [0.3, 0.4) is 0 Å². The predicted molar refractivity (Wildman–Crippen MR) is 163 cm³/mol. The highest BCUT2D eigenvalue weighted by Gasteiger charge is 2.22. The zero-order valence-corrected chi connectivity index (χ0v) is 23.6. The lowest BCUT2D eigenvalue weighted by atomic mass is 9.95. The van der Waals surface area contributed by atoms with Crippen LogP contribution in [0, 0.1) is 6.92 Å². The van der Waals surface area contributed by atoms with E-state index in [4.69, 9.17) is 4.74 Å². The van der Waals surface area contributed by atoms with Crippen molar-refractivity contribution in [3.63, 3.8) is 0 Å². The molecule has 7 nitrogen and oxygen atoms in total. The van der Waals surface area contributed by atoms with Gasteiger partial charge in [0.2, 0.25) is 5.91 Å². The van der Waals surface area contributed by atoms with Crippen molar-refractivity contribution in [2.24, 2.45) is 0 Å². The molecule has 1 atom stereocenters. The molecule has 0 radical (unpaired) electrons. The quantitative estimate of drug-likeness (QED) is 0.162. The molecule has 4 aromatic rings. The summed E-state index contributed by atoms with van der Waals surface area (Å²) >= 11 is 0. The fourth-order valence-electron chi connectivity index (χ4n) is 4.56. The Hall–Kier alpha value is -4.91. The first kappa shape index (κ1) is 29.1. The lowest BCUT2D eigenvalue weighted by Gasteiger charge is -2.19. The highest BCUT2D eigenvalue weighted by Crippen LogP contribution is 2.25. The smallest absolute Gasteiger partial charge is 0.251 e. The number of ether oxygens (including phenoxy) is 1. The van der Waals surface area contributed by atoms with E-state index in [2.05, 4.69) is 16.0 Å². The Kier molecular flexibility index (Phi) is 9.89. The normalized spacial score (nSPS) is 11.3. The third-order valence-corrected chi connectivity index (χ3v) is 6.76. The van der Waals surface area contributed by atoms with Gasteiger partial charge in [0, 0.05) is 36.3 Å². The Morgan fingerprint density at radius 2 is 1.56 bits per heavy atom. The van der Waals surface area contributed by atoms with Crippen molar-refractivity contribution in [2.45, 2.75) is 26.3 Å². The Labute approximate surface area is 240 Å². The van der Waals surface area contributed by atoms with Crippen LogP contribution in [0.2, 0.25) is 0 Å². The third kappa shape index (κ3) is 8.05. The fourth-order valence-corrected chi connectivity index (χ4v) is 4.56. The van der Waals surface area contributed by atoms with Gasteiger partial charge in [-0.1, -0.05) is 66.2 Å². The van der Waals surface area contributed by atoms with E-state index in [-0.39, 0.29) is 17.6 Å².